The normalized spacial score (nSPS) is 27.5. The first kappa shape index (κ1) is 10.1. The highest BCUT2D eigenvalue weighted by molar-refractivity contribution is 8.06. The maximum atomic E-state index is 10.5. The molecule has 1 aromatic rings. The third-order valence-electron chi connectivity index (χ3n) is 2.20. The van der Waals surface area contributed by atoms with E-state index in [0.717, 1.165) is 17.9 Å². The SMILES string of the molecule is CC1SCCSC1c1ncc(C=O)[nH]1. The number of hydrogen-bond donors (Lipinski definition) is 1. The Balaban J connectivity index is 2.16. The maximum Gasteiger partial charge on any atom is 0.167 e. The fourth-order valence-electron chi connectivity index (χ4n) is 1.49. The molecule has 0 radical (unpaired) electrons. The van der Waals surface area contributed by atoms with Gasteiger partial charge >= 0.3 is 0 Å². The highest BCUT2D eigenvalue weighted by Gasteiger charge is 2.26. The largest absolute Gasteiger partial charge is 0.339 e. The van der Waals surface area contributed by atoms with Crippen molar-refractivity contribution in [3.05, 3.63) is 17.7 Å². The third kappa shape index (κ3) is 1.98. The standard InChI is InChI=1S/C9H12N2OS2/c1-6-8(14-3-2-13-6)9-10-4-7(5-12)11-9/h4-6,8H,2-3H2,1H3,(H,10,11). The predicted octanol–water partition coefficient (Wildman–Crippen LogP) is 2.13. The molecule has 1 aliphatic heterocycles. The topological polar surface area (TPSA) is 45.8 Å². The number of rotatable bonds is 2. The number of carbonyl (C=O) groups excluding carboxylic acids is 1. The number of aromatic amines is 1. The van der Waals surface area contributed by atoms with E-state index >= 15 is 0 Å². The molecule has 2 rings (SSSR count). The lowest BCUT2D eigenvalue weighted by molar-refractivity contribution is 0.111. The average Bonchev–Trinajstić information content (AvgIpc) is 2.67. The molecule has 14 heavy (non-hydrogen) atoms. The van der Waals surface area contributed by atoms with Crippen LogP contribution in [-0.2, 0) is 0 Å². The Morgan fingerprint density at radius 1 is 1.57 bits per heavy atom. The van der Waals surface area contributed by atoms with Gasteiger partial charge in [-0.15, -0.1) is 11.8 Å². The Labute approximate surface area is 91.5 Å². The zero-order chi connectivity index (χ0) is 9.97. The molecule has 1 aliphatic rings. The van der Waals surface area contributed by atoms with Crippen molar-refractivity contribution in [2.75, 3.05) is 11.5 Å². The number of thioether (sulfide) groups is 2. The summed E-state index contributed by atoms with van der Waals surface area (Å²) in [6.07, 6.45) is 2.41. The maximum absolute atomic E-state index is 10.5. The van der Waals surface area contributed by atoms with Gasteiger partial charge in [-0.25, -0.2) is 4.98 Å². The molecular weight excluding hydrogens is 216 g/mol. The Morgan fingerprint density at radius 2 is 2.36 bits per heavy atom. The van der Waals surface area contributed by atoms with Gasteiger partial charge in [-0.2, -0.15) is 11.8 Å². The van der Waals surface area contributed by atoms with Crippen LogP contribution in [0, 0.1) is 0 Å². The van der Waals surface area contributed by atoms with Gasteiger partial charge in [0.05, 0.1) is 17.1 Å². The van der Waals surface area contributed by atoms with Gasteiger partial charge in [0, 0.05) is 16.8 Å². The minimum Gasteiger partial charge on any atom is -0.339 e. The summed E-state index contributed by atoms with van der Waals surface area (Å²) >= 11 is 3.89. The first-order valence-electron chi connectivity index (χ1n) is 4.54. The van der Waals surface area contributed by atoms with Crippen molar-refractivity contribution in [2.24, 2.45) is 0 Å². The zero-order valence-electron chi connectivity index (χ0n) is 7.90. The molecule has 1 fully saturated rings. The van der Waals surface area contributed by atoms with Crippen LogP contribution in [0.3, 0.4) is 0 Å². The van der Waals surface area contributed by atoms with E-state index in [2.05, 4.69) is 16.9 Å². The number of nitrogens with one attached hydrogen (secondary N) is 1. The lowest BCUT2D eigenvalue weighted by Gasteiger charge is -2.25. The van der Waals surface area contributed by atoms with E-state index in [-0.39, 0.29) is 0 Å². The Morgan fingerprint density at radius 3 is 3.00 bits per heavy atom. The summed E-state index contributed by atoms with van der Waals surface area (Å²) in [6, 6.07) is 0. The number of H-pyrrole nitrogens is 1. The summed E-state index contributed by atoms with van der Waals surface area (Å²) in [7, 11) is 0. The van der Waals surface area contributed by atoms with Crippen LogP contribution in [0.5, 0.6) is 0 Å². The van der Waals surface area contributed by atoms with Gasteiger partial charge in [0.1, 0.15) is 5.82 Å². The second-order valence-electron chi connectivity index (χ2n) is 3.21. The second kappa shape index (κ2) is 4.40. The molecule has 0 aromatic carbocycles. The van der Waals surface area contributed by atoms with Crippen LogP contribution < -0.4 is 0 Å². The number of aldehydes is 1. The number of hydrogen-bond acceptors (Lipinski definition) is 4. The van der Waals surface area contributed by atoms with Gasteiger partial charge < -0.3 is 4.98 Å². The van der Waals surface area contributed by atoms with Gasteiger partial charge in [-0.1, -0.05) is 6.92 Å². The summed E-state index contributed by atoms with van der Waals surface area (Å²) in [5.74, 6) is 3.32. The summed E-state index contributed by atoms with van der Waals surface area (Å²) in [4.78, 5) is 17.8. The minimum absolute atomic E-state index is 0.405. The van der Waals surface area contributed by atoms with Crippen molar-refractivity contribution < 1.29 is 4.79 Å². The molecular formula is C9H12N2OS2. The van der Waals surface area contributed by atoms with Gasteiger partial charge in [0.15, 0.2) is 6.29 Å². The number of nitrogens with zero attached hydrogens (tertiary/aromatic N) is 1. The summed E-state index contributed by atoms with van der Waals surface area (Å²) in [5.41, 5.74) is 0.573. The van der Waals surface area contributed by atoms with E-state index in [1.54, 1.807) is 6.20 Å². The second-order valence-corrected chi connectivity index (χ2v) is 5.94. The van der Waals surface area contributed by atoms with E-state index in [1.807, 2.05) is 23.5 Å². The molecule has 2 heterocycles. The first-order valence-corrected chi connectivity index (χ1v) is 6.64. The molecule has 3 nitrogen and oxygen atoms in total. The van der Waals surface area contributed by atoms with Crippen LogP contribution in [0.1, 0.15) is 28.5 Å². The van der Waals surface area contributed by atoms with E-state index in [4.69, 9.17) is 0 Å². The van der Waals surface area contributed by atoms with E-state index in [1.165, 1.54) is 5.75 Å². The van der Waals surface area contributed by atoms with Crippen molar-refractivity contribution in [1.82, 2.24) is 9.97 Å². The summed E-state index contributed by atoms with van der Waals surface area (Å²) in [5, 5.41) is 0.974. The fraction of sp³-hybridized carbons (Fsp3) is 0.556. The highest BCUT2D eigenvalue weighted by Crippen LogP contribution is 2.40. The molecule has 0 saturated carbocycles. The molecule has 0 amide bonds. The Bertz CT molecular complexity index is 326. The Hall–Kier alpha value is -0.420. The molecule has 76 valence electrons. The van der Waals surface area contributed by atoms with Gasteiger partial charge in [0.25, 0.3) is 0 Å². The molecule has 0 bridgehead atoms. The van der Waals surface area contributed by atoms with Gasteiger partial charge in [0.2, 0.25) is 0 Å². The zero-order valence-corrected chi connectivity index (χ0v) is 9.53. The fourth-order valence-corrected chi connectivity index (χ4v) is 4.21. The summed E-state index contributed by atoms with van der Waals surface area (Å²) < 4.78 is 0. The van der Waals surface area contributed by atoms with E-state index < -0.39 is 0 Å². The smallest absolute Gasteiger partial charge is 0.167 e. The van der Waals surface area contributed by atoms with Gasteiger partial charge in [-0.05, 0) is 0 Å². The van der Waals surface area contributed by atoms with Crippen molar-refractivity contribution >= 4 is 29.8 Å². The van der Waals surface area contributed by atoms with Crippen molar-refractivity contribution in [3.63, 3.8) is 0 Å². The van der Waals surface area contributed by atoms with E-state index in [9.17, 15) is 4.79 Å². The lowest BCUT2D eigenvalue weighted by Crippen LogP contribution is -2.16. The molecule has 1 saturated heterocycles. The van der Waals surface area contributed by atoms with Crippen molar-refractivity contribution in [2.45, 2.75) is 17.4 Å². The monoisotopic (exact) mass is 228 g/mol. The van der Waals surface area contributed by atoms with Crippen LogP contribution in [-0.4, -0.2) is 33.0 Å². The van der Waals surface area contributed by atoms with Crippen LogP contribution in [0.4, 0.5) is 0 Å². The lowest BCUT2D eigenvalue weighted by atomic mass is 10.3. The molecule has 0 spiro atoms. The first-order chi connectivity index (χ1) is 6.81. The predicted molar refractivity (Wildman–Crippen MR) is 61.1 cm³/mol. The van der Waals surface area contributed by atoms with Gasteiger partial charge in [-0.3, -0.25) is 4.79 Å². The van der Waals surface area contributed by atoms with Crippen LogP contribution in [0.25, 0.3) is 0 Å². The number of aromatic nitrogens is 2. The van der Waals surface area contributed by atoms with E-state index in [0.29, 0.717) is 16.2 Å². The van der Waals surface area contributed by atoms with Crippen LogP contribution >= 0.6 is 23.5 Å². The Kier molecular flexibility index (Phi) is 3.18. The summed E-state index contributed by atoms with van der Waals surface area (Å²) in [6.45, 7) is 2.21. The molecule has 5 heteroatoms. The molecule has 1 aromatic heterocycles. The number of carbonyl (C=O) groups is 1. The minimum atomic E-state index is 0.405. The highest BCUT2D eigenvalue weighted by atomic mass is 32.2. The quantitative estimate of drug-likeness (QED) is 0.788. The molecule has 2 unspecified atom stereocenters. The van der Waals surface area contributed by atoms with Crippen molar-refractivity contribution in [3.8, 4) is 0 Å². The molecule has 2 atom stereocenters. The van der Waals surface area contributed by atoms with Crippen LogP contribution in [0.2, 0.25) is 0 Å². The molecule has 1 N–H and O–H groups in total. The van der Waals surface area contributed by atoms with Crippen molar-refractivity contribution in [1.29, 1.82) is 0 Å². The average molecular weight is 228 g/mol. The number of imidazole rings is 1. The third-order valence-corrected chi connectivity index (χ3v) is 5.30. The molecule has 0 aliphatic carbocycles. The van der Waals surface area contributed by atoms with Crippen LogP contribution in [0.15, 0.2) is 6.20 Å².